The molecule has 0 unspecified atom stereocenters. The van der Waals surface area contributed by atoms with Crippen LogP contribution in [0.2, 0.25) is 0 Å². The van der Waals surface area contributed by atoms with Gasteiger partial charge in [0.25, 0.3) is 0 Å². The van der Waals surface area contributed by atoms with Crippen LogP contribution in [0.1, 0.15) is 17.5 Å². The van der Waals surface area contributed by atoms with Gasteiger partial charge in [0.05, 0.1) is 5.75 Å². The Bertz CT molecular complexity index is 544. The molecule has 0 aromatic heterocycles. The molecule has 0 heterocycles. The van der Waals surface area contributed by atoms with Crippen LogP contribution in [0.15, 0.2) is 24.3 Å². The molecule has 0 aliphatic heterocycles. The highest BCUT2D eigenvalue weighted by molar-refractivity contribution is 7.90. The van der Waals surface area contributed by atoms with E-state index in [4.69, 9.17) is 5.73 Å². The summed E-state index contributed by atoms with van der Waals surface area (Å²) in [5.74, 6) is 0.117. The maximum absolute atomic E-state index is 11.1. The molecule has 0 radical (unpaired) electrons. The monoisotopic (exact) mass is 237 g/mol. The van der Waals surface area contributed by atoms with Gasteiger partial charge in [-0.3, -0.25) is 0 Å². The van der Waals surface area contributed by atoms with E-state index in [1.165, 1.54) is 11.8 Å². The number of benzene rings is 1. The minimum atomic E-state index is -2.92. The summed E-state index contributed by atoms with van der Waals surface area (Å²) in [7, 11) is -2.92. The molecule has 1 aromatic rings. The van der Waals surface area contributed by atoms with Gasteiger partial charge in [-0.15, -0.1) is 0 Å². The molecule has 1 aliphatic rings. The van der Waals surface area contributed by atoms with Crippen LogP contribution in [0, 0.1) is 0 Å². The third kappa shape index (κ3) is 2.44. The second kappa shape index (κ2) is 3.94. The summed E-state index contributed by atoms with van der Waals surface area (Å²) in [6.45, 7) is 0. The average molecular weight is 237 g/mol. The predicted octanol–water partition coefficient (Wildman–Crippen LogP) is 1.64. The minimum absolute atomic E-state index is 0.117. The summed E-state index contributed by atoms with van der Waals surface area (Å²) >= 11 is 0. The maximum atomic E-state index is 11.1. The second-order valence-electron chi connectivity index (χ2n) is 4.24. The van der Waals surface area contributed by atoms with Crippen LogP contribution in [0.5, 0.6) is 0 Å². The molecule has 2 N–H and O–H groups in total. The first-order valence-electron chi connectivity index (χ1n) is 5.21. The first kappa shape index (κ1) is 11.2. The lowest BCUT2D eigenvalue weighted by Gasteiger charge is -2.02. The van der Waals surface area contributed by atoms with Crippen LogP contribution in [0.4, 0.5) is 5.69 Å². The normalized spacial score (nSPS) is 17.7. The zero-order chi connectivity index (χ0) is 11.8. The molecule has 0 bridgehead atoms. The largest absolute Gasteiger partial charge is 0.399 e. The van der Waals surface area contributed by atoms with Gasteiger partial charge in [0.15, 0.2) is 9.84 Å². The first-order valence-corrected chi connectivity index (χ1v) is 7.27. The Morgan fingerprint density at radius 1 is 1.38 bits per heavy atom. The van der Waals surface area contributed by atoms with Gasteiger partial charge in [-0.05, 0) is 41.7 Å². The van der Waals surface area contributed by atoms with Crippen molar-refractivity contribution in [2.75, 3.05) is 17.7 Å². The summed E-state index contributed by atoms with van der Waals surface area (Å²) in [6, 6.07) is 5.81. The van der Waals surface area contributed by atoms with E-state index in [2.05, 4.69) is 0 Å². The Hall–Kier alpha value is -1.29. The minimum Gasteiger partial charge on any atom is -0.399 e. The van der Waals surface area contributed by atoms with Gasteiger partial charge in [-0.1, -0.05) is 12.1 Å². The molecular weight excluding hydrogens is 222 g/mol. The SMILES string of the molecule is CS(=O)(=O)CC=C1CCc2cc(N)ccc21. The number of sulfone groups is 1. The quantitative estimate of drug-likeness (QED) is 0.795. The second-order valence-corrected chi connectivity index (χ2v) is 6.42. The van der Waals surface area contributed by atoms with Gasteiger partial charge >= 0.3 is 0 Å². The molecule has 0 fully saturated rings. The van der Waals surface area contributed by atoms with E-state index in [1.54, 1.807) is 0 Å². The zero-order valence-corrected chi connectivity index (χ0v) is 10.0. The molecule has 86 valence electrons. The van der Waals surface area contributed by atoms with Crippen molar-refractivity contribution in [3.05, 3.63) is 35.4 Å². The van der Waals surface area contributed by atoms with Gasteiger partial charge in [0, 0.05) is 11.9 Å². The molecule has 0 saturated carbocycles. The summed E-state index contributed by atoms with van der Waals surface area (Å²) < 4.78 is 22.2. The lowest BCUT2D eigenvalue weighted by Crippen LogP contribution is -2.00. The van der Waals surface area contributed by atoms with Gasteiger partial charge < -0.3 is 5.73 Å². The molecule has 1 aromatic carbocycles. The van der Waals surface area contributed by atoms with Crippen LogP contribution >= 0.6 is 0 Å². The molecule has 0 atom stereocenters. The van der Waals surface area contributed by atoms with E-state index in [1.807, 2.05) is 24.3 Å². The summed E-state index contributed by atoms with van der Waals surface area (Å²) in [5.41, 5.74) is 9.97. The van der Waals surface area contributed by atoms with Crippen molar-refractivity contribution in [2.45, 2.75) is 12.8 Å². The molecule has 4 heteroatoms. The number of nitrogen functional groups attached to an aromatic ring is 1. The molecular formula is C12H15NO2S. The van der Waals surface area contributed by atoms with Crippen LogP contribution < -0.4 is 5.73 Å². The molecule has 1 aliphatic carbocycles. The maximum Gasteiger partial charge on any atom is 0.151 e. The van der Waals surface area contributed by atoms with Gasteiger partial charge in [0.2, 0.25) is 0 Å². The predicted molar refractivity (Wildman–Crippen MR) is 66.9 cm³/mol. The van der Waals surface area contributed by atoms with Crippen molar-refractivity contribution in [3.63, 3.8) is 0 Å². The summed E-state index contributed by atoms with van der Waals surface area (Å²) in [6.07, 6.45) is 4.94. The number of rotatable bonds is 2. The molecule has 0 spiro atoms. The van der Waals surface area contributed by atoms with Gasteiger partial charge in [0.1, 0.15) is 0 Å². The van der Waals surface area contributed by atoms with E-state index in [0.717, 1.165) is 29.7 Å². The van der Waals surface area contributed by atoms with Crippen LogP contribution in [-0.4, -0.2) is 20.4 Å². The fourth-order valence-electron chi connectivity index (χ4n) is 2.00. The first-order chi connectivity index (χ1) is 7.46. The molecule has 0 amide bonds. The van der Waals surface area contributed by atoms with Crippen molar-refractivity contribution in [1.82, 2.24) is 0 Å². The Labute approximate surface area is 95.9 Å². The summed E-state index contributed by atoms with van der Waals surface area (Å²) in [5, 5.41) is 0. The van der Waals surface area contributed by atoms with E-state index in [-0.39, 0.29) is 5.75 Å². The highest BCUT2D eigenvalue weighted by Crippen LogP contribution is 2.33. The van der Waals surface area contributed by atoms with Crippen LogP contribution in [0.25, 0.3) is 5.57 Å². The van der Waals surface area contributed by atoms with Crippen LogP contribution in [-0.2, 0) is 16.3 Å². The lowest BCUT2D eigenvalue weighted by atomic mass is 10.1. The van der Waals surface area contributed by atoms with E-state index < -0.39 is 9.84 Å². The standard InChI is InChI=1S/C12H15NO2S/c1-16(14,15)7-6-9-2-3-10-8-11(13)4-5-12(9)10/h4-6,8H,2-3,7,13H2,1H3. The van der Waals surface area contributed by atoms with E-state index >= 15 is 0 Å². The van der Waals surface area contributed by atoms with Crippen molar-refractivity contribution in [2.24, 2.45) is 0 Å². The van der Waals surface area contributed by atoms with Crippen molar-refractivity contribution in [3.8, 4) is 0 Å². The van der Waals surface area contributed by atoms with Gasteiger partial charge in [-0.2, -0.15) is 0 Å². The number of allylic oxidation sites excluding steroid dienone is 1. The van der Waals surface area contributed by atoms with Crippen molar-refractivity contribution < 1.29 is 8.42 Å². The number of aryl methyl sites for hydroxylation is 1. The van der Waals surface area contributed by atoms with Gasteiger partial charge in [-0.25, -0.2) is 8.42 Å². The van der Waals surface area contributed by atoms with Crippen molar-refractivity contribution >= 4 is 21.1 Å². The van der Waals surface area contributed by atoms with E-state index in [9.17, 15) is 8.42 Å². The zero-order valence-electron chi connectivity index (χ0n) is 9.23. The third-order valence-electron chi connectivity index (χ3n) is 2.77. The van der Waals surface area contributed by atoms with Crippen LogP contribution in [0.3, 0.4) is 0 Å². The number of hydrogen-bond acceptors (Lipinski definition) is 3. The third-order valence-corrected chi connectivity index (χ3v) is 3.54. The summed E-state index contributed by atoms with van der Waals surface area (Å²) in [4.78, 5) is 0. The highest BCUT2D eigenvalue weighted by atomic mass is 32.2. The average Bonchev–Trinajstić information content (AvgIpc) is 2.56. The fourth-order valence-corrected chi connectivity index (χ4v) is 2.51. The molecule has 2 rings (SSSR count). The number of hydrogen-bond donors (Lipinski definition) is 1. The highest BCUT2D eigenvalue weighted by Gasteiger charge is 2.16. The Morgan fingerprint density at radius 3 is 2.81 bits per heavy atom. The molecule has 3 nitrogen and oxygen atoms in total. The number of fused-ring (bicyclic) bond motifs is 1. The van der Waals surface area contributed by atoms with Crippen molar-refractivity contribution in [1.29, 1.82) is 0 Å². The number of nitrogens with two attached hydrogens (primary N) is 1. The lowest BCUT2D eigenvalue weighted by molar-refractivity contribution is 0.604. The Morgan fingerprint density at radius 2 is 2.12 bits per heavy atom. The van der Waals surface area contributed by atoms with E-state index in [0.29, 0.717) is 0 Å². The Balaban J connectivity index is 2.30. The number of anilines is 1. The topological polar surface area (TPSA) is 60.2 Å². The molecule has 16 heavy (non-hydrogen) atoms. The fraction of sp³-hybridized carbons (Fsp3) is 0.333. The Kier molecular flexibility index (Phi) is 2.76. The smallest absolute Gasteiger partial charge is 0.151 e. The molecule has 0 saturated heterocycles.